The van der Waals surface area contributed by atoms with Crippen molar-refractivity contribution in [2.45, 2.75) is 0 Å². The van der Waals surface area contributed by atoms with Gasteiger partial charge in [-0.2, -0.15) is 10.2 Å². The van der Waals surface area contributed by atoms with Crippen LogP contribution in [0.15, 0.2) is 53.4 Å². The molecule has 0 radical (unpaired) electrons. The van der Waals surface area contributed by atoms with E-state index in [1.54, 1.807) is 35.0 Å². The summed E-state index contributed by atoms with van der Waals surface area (Å²) in [4.78, 5) is 12.4. The van der Waals surface area contributed by atoms with Crippen LogP contribution in [-0.2, 0) is 7.05 Å². The number of hydrogen-bond donors (Lipinski definition) is 0. The molecule has 0 saturated heterocycles. The van der Waals surface area contributed by atoms with Crippen molar-refractivity contribution < 1.29 is 4.79 Å². The van der Waals surface area contributed by atoms with Crippen LogP contribution in [0.5, 0.6) is 0 Å². The highest BCUT2D eigenvalue weighted by molar-refractivity contribution is 9.10. The number of aryl methyl sites for hydroxylation is 1. The van der Waals surface area contributed by atoms with Crippen molar-refractivity contribution in [1.82, 2.24) is 19.6 Å². The number of rotatable bonds is 3. The second-order valence-electron chi connectivity index (χ2n) is 4.30. The number of carbonyl (C=O) groups is 1. The molecule has 1 aromatic carbocycles. The molecule has 2 aromatic heterocycles. The number of para-hydroxylation sites is 1. The molecule has 5 nitrogen and oxygen atoms in total. The van der Waals surface area contributed by atoms with Crippen LogP contribution in [0.4, 0.5) is 0 Å². The van der Waals surface area contributed by atoms with Gasteiger partial charge in [0.15, 0.2) is 0 Å². The van der Waals surface area contributed by atoms with Gasteiger partial charge in [0.25, 0.3) is 0 Å². The first-order valence-electron chi connectivity index (χ1n) is 5.99. The zero-order valence-corrected chi connectivity index (χ0v) is 12.3. The Labute approximate surface area is 124 Å². The van der Waals surface area contributed by atoms with Crippen LogP contribution in [-0.4, -0.2) is 25.3 Å². The molecule has 2 heterocycles. The van der Waals surface area contributed by atoms with E-state index in [9.17, 15) is 4.79 Å². The minimum Gasteiger partial charge on any atom is -0.287 e. The van der Waals surface area contributed by atoms with E-state index in [0.29, 0.717) is 15.7 Å². The number of benzene rings is 1. The Morgan fingerprint density at radius 2 is 1.90 bits per heavy atom. The Balaban J connectivity index is 1.97. The standard InChI is InChI=1S/C14H11BrN4O/c1-18-13(12(15)8-16-18)14(20)10-7-17-19(9-10)11-5-3-2-4-6-11/h2-9H,1H3. The Bertz CT molecular complexity index is 741. The van der Waals surface area contributed by atoms with Crippen LogP contribution >= 0.6 is 15.9 Å². The van der Waals surface area contributed by atoms with Gasteiger partial charge in [0, 0.05) is 13.2 Å². The van der Waals surface area contributed by atoms with Crippen LogP contribution in [0, 0.1) is 0 Å². The van der Waals surface area contributed by atoms with Gasteiger partial charge < -0.3 is 0 Å². The minimum atomic E-state index is -0.112. The van der Waals surface area contributed by atoms with Crippen molar-refractivity contribution in [2.24, 2.45) is 7.05 Å². The van der Waals surface area contributed by atoms with E-state index in [0.717, 1.165) is 5.69 Å². The summed E-state index contributed by atoms with van der Waals surface area (Å²) in [7, 11) is 1.74. The molecule has 0 aliphatic rings. The number of aromatic nitrogens is 4. The van der Waals surface area contributed by atoms with Gasteiger partial charge in [0.2, 0.25) is 5.78 Å². The lowest BCUT2D eigenvalue weighted by Crippen LogP contribution is -2.08. The Morgan fingerprint density at radius 1 is 1.15 bits per heavy atom. The van der Waals surface area contributed by atoms with Gasteiger partial charge >= 0.3 is 0 Å². The smallest absolute Gasteiger partial charge is 0.215 e. The second kappa shape index (κ2) is 5.05. The molecule has 0 spiro atoms. The molecular formula is C14H11BrN4O. The monoisotopic (exact) mass is 330 g/mol. The maximum Gasteiger partial charge on any atom is 0.215 e. The molecule has 100 valence electrons. The highest BCUT2D eigenvalue weighted by atomic mass is 79.9. The molecule has 20 heavy (non-hydrogen) atoms. The summed E-state index contributed by atoms with van der Waals surface area (Å²) in [6.45, 7) is 0. The number of ketones is 1. The summed E-state index contributed by atoms with van der Waals surface area (Å²) in [5.74, 6) is -0.112. The molecule has 0 atom stereocenters. The van der Waals surface area contributed by atoms with Gasteiger partial charge in [0.1, 0.15) is 5.69 Å². The lowest BCUT2D eigenvalue weighted by Gasteiger charge is -2.00. The third-order valence-electron chi connectivity index (χ3n) is 2.97. The van der Waals surface area contributed by atoms with Gasteiger partial charge in [0.05, 0.1) is 28.1 Å². The first kappa shape index (κ1) is 12.8. The van der Waals surface area contributed by atoms with Crippen molar-refractivity contribution in [3.05, 3.63) is 64.7 Å². The van der Waals surface area contributed by atoms with E-state index in [2.05, 4.69) is 26.1 Å². The van der Waals surface area contributed by atoms with Crippen molar-refractivity contribution in [3.8, 4) is 5.69 Å². The normalized spacial score (nSPS) is 10.7. The summed E-state index contributed by atoms with van der Waals surface area (Å²) >= 11 is 3.34. The first-order chi connectivity index (χ1) is 9.66. The predicted molar refractivity (Wildman–Crippen MR) is 77.9 cm³/mol. The van der Waals surface area contributed by atoms with Crippen LogP contribution < -0.4 is 0 Å². The summed E-state index contributed by atoms with van der Waals surface area (Å²) in [6, 6.07) is 9.65. The van der Waals surface area contributed by atoms with Crippen molar-refractivity contribution in [1.29, 1.82) is 0 Å². The molecule has 0 saturated carbocycles. The zero-order chi connectivity index (χ0) is 14.1. The summed E-state index contributed by atoms with van der Waals surface area (Å²) in [6.07, 6.45) is 4.89. The number of halogens is 1. The lowest BCUT2D eigenvalue weighted by molar-refractivity contribution is 0.102. The van der Waals surface area contributed by atoms with Crippen molar-refractivity contribution in [3.63, 3.8) is 0 Å². The molecule has 0 amide bonds. The van der Waals surface area contributed by atoms with Crippen LogP contribution in [0.1, 0.15) is 16.1 Å². The number of nitrogens with zero attached hydrogens (tertiary/aromatic N) is 4. The predicted octanol–water partition coefficient (Wildman–Crippen LogP) is 2.60. The maximum atomic E-state index is 12.4. The summed E-state index contributed by atoms with van der Waals surface area (Å²) in [5, 5.41) is 8.28. The Morgan fingerprint density at radius 3 is 2.55 bits per heavy atom. The molecular weight excluding hydrogens is 320 g/mol. The Hall–Kier alpha value is -2.21. The van der Waals surface area contributed by atoms with E-state index in [1.165, 1.54) is 0 Å². The highest BCUT2D eigenvalue weighted by Crippen LogP contribution is 2.19. The van der Waals surface area contributed by atoms with Gasteiger partial charge in [-0.15, -0.1) is 0 Å². The zero-order valence-electron chi connectivity index (χ0n) is 10.7. The van der Waals surface area contributed by atoms with E-state index in [1.807, 2.05) is 30.3 Å². The van der Waals surface area contributed by atoms with E-state index in [4.69, 9.17) is 0 Å². The van der Waals surface area contributed by atoms with Gasteiger partial charge in [-0.25, -0.2) is 4.68 Å². The number of carbonyl (C=O) groups excluding carboxylic acids is 1. The molecule has 0 N–H and O–H groups in total. The largest absolute Gasteiger partial charge is 0.287 e. The van der Waals surface area contributed by atoms with E-state index < -0.39 is 0 Å². The fourth-order valence-electron chi connectivity index (χ4n) is 1.96. The quantitative estimate of drug-likeness (QED) is 0.693. The third kappa shape index (κ3) is 2.18. The van der Waals surface area contributed by atoms with Crippen LogP contribution in [0.3, 0.4) is 0 Å². The van der Waals surface area contributed by atoms with Gasteiger partial charge in [-0.05, 0) is 28.1 Å². The molecule has 0 aliphatic carbocycles. The number of hydrogen-bond acceptors (Lipinski definition) is 3. The van der Waals surface area contributed by atoms with Gasteiger partial charge in [-0.1, -0.05) is 18.2 Å². The molecule has 3 aromatic rings. The molecule has 0 fully saturated rings. The fourth-order valence-corrected chi connectivity index (χ4v) is 2.49. The Kier molecular flexibility index (Phi) is 3.23. The average molecular weight is 331 g/mol. The van der Waals surface area contributed by atoms with E-state index in [-0.39, 0.29) is 5.78 Å². The first-order valence-corrected chi connectivity index (χ1v) is 6.78. The maximum absolute atomic E-state index is 12.4. The second-order valence-corrected chi connectivity index (χ2v) is 5.16. The molecule has 0 aliphatic heterocycles. The topological polar surface area (TPSA) is 52.7 Å². The summed E-state index contributed by atoms with van der Waals surface area (Å²) in [5.41, 5.74) is 1.95. The lowest BCUT2D eigenvalue weighted by atomic mass is 10.2. The van der Waals surface area contributed by atoms with Crippen molar-refractivity contribution >= 4 is 21.7 Å². The summed E-state index contributed by atoms with van der Waals surface area (Å²) < 4.78 is 3.90. The highest BCUT2D eigenvalue weighted by Gasteiger charge is 2.18. The molecule has 0 bridgehead atoms. The molecule has 6 heteroatoms. The van der Waals surface area contributed by atoms with E-state index >= 15 is 0 Å². The molecule has 0 unspecified atom stereocenters. The van der Waals surface area contributed by atoms with Crippen LogP contribution in [0.25, 0.3) is 5.69 Å². The van der Waals surface area contributed by atoms with Gasteiger partial charge in [-0.3, -0.25) is 9.48 Å². The average Bonchev–Trinajstić information content (AvgIpc) is 3.07. The SMILES string of the molecule is Cn1ncc(Br)c1C(=O)c1cnn(-c2ccccc2)c1. The van der Waals surface area contributed by atoms with Crippen LogP contribution in [0.2, 0.25) is 0 Å². The third-order valence-corrected chi connectivity index (χ3v) is 3.56. The minimum absolute atomic E-state index is 0.112. The molecule has 3 rings (SSSR count). The fraction of sp³-hybridized carbons (Fsp3) is 0.0714. The van der Waals surface area contributed by atoms with Crippen molar-refractivity contribution in [2.75, 3.05) is 0 Å².